The van der Waals surface area contributed by atoms with Gasteiger partial charge in [0.2, 0.25) is 0 Å². The topological polar surface area (TPSA) is 84.5 Å². The molecule has 0 saturated carbocycles. The van der Waals surface area contributed by atoms with Crippen molar-refractivity contribution in [3.05, 3.63) is 83.4 Å². The van der Waals surface area contributed by atoms with Crippen LogP contribution in [-0.4, -0.2) is 20.9 Å². The van der Waals surface area contributed by atoms with E-state index >= 15 is 0 Å². The first-order valence-corrected chi connectivity index (χ1v) is 10.7. The molecule has 2 N–H and O–H groups in total. The molecule has 0 fully saturated rings. The van der Waals surface area contributed by atoms with Gasteiger partial charge in [-0.1, -0.05) is 6.07 Å². The SMILES string of the molecule is Cc1cc(C)cc(NS(=O)(=O)c2ccc(OCC(=O)Nc3ccc(F)c(F)c3)cc2)c1. The second-order valence-electron chi connectivity index (χ2n) is 6.92. The number of halogens is 2. The van der Waals surface area contributed by atoms with Gasteiger partial charge in [0.25, 0.3) is 15.9 Å². The predicted octanol–water partition coefficient (Wildman–Crippen LogP) is 4.40. The van der Waals surface area contributed by atoms with Crippen molar-refractivity contribution in [3.8, 4) is 5.75 Å². The van der Waals surface area contributed by atoms with E-state index in [1.165, 1.54) is 30.3 Å². The first kappa shape index (κ1) is 22.2. The first-order chi connectivity index (χ1) is 14.6. The summed E-state index contributed by atoms with van der Waals surface area (Å²) in [5.74, 6) is -2.41. The summed E-state index contributed by atoms with van der Waals surface area (Å²) in [5, 5.41) is 2.38. The van der Waals surface area contributed by atoms with Crippen LogP contribution < -0.4 is 14.8 Å². The molecule has 3 rings (SSSR count). The Morgan fingerprint density at radius 1 is 0.871 bits per heavy atom. The predicted molar refractivity (Wildman–Crippen MR) is 114 cm³/mol. The Hall–Kier alpha value is -3.46. The Bertz CT molecular complexity index is 1190. The minimum atomic E-state index is -3.79. The molecule has 0 bridgehead atoms. The average molecular weight is 446 g/mol. The van der Waals surface area contributed by atoms with Gasteiger partial charge in [-0.15, -0.1) is 0 Å². The average Bonchev–Trinajstić information content (AvgIpc) is 2.68. The Kier molecular flexibility index (Phi) is 6.55. The molecule has 0 aliphatic carbocycles. The monoisotopic (exact) mass is 446 g/mol. The number of sulfonamides is 1. The van der Waals surface area contributed by atoms with Gasteiger partial charge >= 0.3 is 0 Å². The highest BCUT2D eigenvalue weighted by atomic mass is 32.2. The van der Waals surface area contributed by atoms with Gasteiger partial charge in [0.05, 0.1) is 4.90 Å². The van der Waals surface area contributed by atoms with Crippen molar-refractivity contribution in [2.24, 2.45) is 0 Å². The molecule has 9 heteroatoms. The van der Waals surface area contributed by atoms with E-state index in [0.717, 1.165) is 23.3 Å². The number of amides is 1. The molecule has 0 spiro atoms. The van der Waals surface area contributed by atoms with Gasteiger partial charge < -0.3 is 10.1 Å². The fourth-order valence-corrected chi connectivity index (χ4v) is 3.92. The van der Waals surface area contributed by atoms with E-state index in [-0.39, 0.29) is 16.3 Å². The van der Waals surface area contributed by atoms with E-state index in [1.54, 1.807) is 12.1 Å². The van der Waals surface area contributed by atoms with Gasteiger partial charge in [-0.3, -0.25) is 9.52 Å². The summed E-state index contributed by atoms with van der Waals surface area (Å²) >= 11 is 0. The third-order valence-corrected chi connectivity index (χ3v) is 5.58. The van der Waals surface area contributed by atoms with Crippen LogP contribution in [0.5, 0.6) is 5.75 Å². The van der Waals surface area contributed by atoms with Crippen molar-refractivity contribution in [1.82, 2.24) is 0 Å². The van der Waals surface area contributed by atoms with E-state index in [9.17, 15) is 22.0 Å². The second kappa shape index (κ2) is 9.13. The summed E-state index contributed by atoms with van der Waals surface area (Å²) in [6.07, 6.45) is 0. The Balaban J connectivity index is 1.60. The number of aryl methyl sites for hydroxylation is 2. The number of benzene rings is 3. The molecular weight excluding hydrogens is 426 g/mol. The molecule has 0 saturated heterocycles. The second-order valence-corrected chi connectivity index (χ2v) is 8.60. The lowest BCUT2D eigenvalue weighted by molar-refractivity contribution is -0.118. The molecule has 0 atom stereocenters. The van der Waals surface area contributed by atoms with Crippen LogP contribution in [0.4, 0.5) is 20.2 Å². The Morgan fingerprint density at radius 2 is 1.52 bits per heavy atom. The smallest absolute Gasteiger partial charge is 0.262 e. The molecule has 3 aromatic rings. The number of carbonyl (C=O) groups is 1. The van der Waals surface area contributed by atoms with E-state index in [2.05, 4.69) is 10.0 Å². The highest BCUT2D eigenvalue weighted by molar-refractivity contribution is 7.92. The third-order valence-electron chi connectivity index (χ3n) is 4.18. The molecule has 0 unspecified atom stereocenters. The van der Waals surface area contributed by atoms with Crippen molar-refractivity contribution in [3.63, 3.8) is 0 Å². The maximum absolute atomic E-state index is 13.2. The molecule has 0 aromatic heterocycles. The van der Waals surface area contributed by atoms with Crippen LogP contribution >= 0.6 is 0 Å². The Labute approximate surface area is 178 Å². The summed E-state index contributed by atoms with van der Waals surface area (Å²) in [7, 11) is -3.79. The fourth-order valence-electron chi connectivity index (χ4n) is 2.88. The van der Waals surface area contributed by atoms with Crippen molar-refractivity contribution in [1.29, 1.82) is 0 Å². The number of anilines is 2. The van der Waals surface area contributed by atoms with Gasteiger partial charge in [0, 0.05) is 17.4 Å². The minimum absolute atomic E-state index is 0.0326. The molecule has 31 heavy (non-hydrogen) atoms. The van der Waals surface area contributed by atoms with Crippen LogP contribution in [0.3, 0.4) is 0 Å². The lowest BCUT2D eigenvalue weighted by Crippen LogP contribution is -2.20. The minimum Gasteiger partial charge on any atom is -0.484 e. The van der Waals surface area contributed by atoms with Crippen LogP contribution in [0.25, 0.3) is 0 Å². The number of hydrogen-bond acceptors (Lipinski definition) is 4. The van der Waals surface area contributed by atoms with Crippen LogP contribution in [0.15, 0.2) is 65.6 Å². The molecule has 1 amide bonds. The van der Waals surface area contributed by atoms with Gasteiger partial charge in [0.15, 0.2) is 18.2 Å². The van der Waals surface area contributed by atoms with E-state index in [4.69, 9.17) is 4.74 Å². The molecule has 0 radical (unpaired) electrons. The lowest BCUT2D eigenvalue weighted by atomic mass is 10.1. The van der Waals surface area contributed by atoms with Gasteiger partial charge in [-0.05, 0) is 73.5 Å². The third kappa shape index (κ3) is 6.02. The van der Waals surface area contributed by atoms with Crippen molar-refractivity contribution in [2.75, 3.05) is 16.6 Å². The van der Waals surface area contributed by atoms with Crippen LogP contribution in [-0.2, 0) is 14.8 Å². The fraction of sp³-hybridized carbons (Fsp3) is 0.136. The number of carbonyl (C=O) groups excluding carboxylic acids is 1. The Morgan fingerprint density at radius 3 is 2.13 bits per heavy atom. The van der Waals surface area contributed by atoms with Gasteiger partial charge in [0.1, 0.15) is 5.75 Å². The van der Waals surface area contributed by atoms with Crippen molar-refractivity contribution in [2.45, 2.75) is 18.7 Å². The highest BCUT2D eigenvalue weighted by Gasteiger charge is 2.15. The summed E-state index contributed by atoms with van der Waals surface area (Å²) in [6.45, 7) is 3.35. The number of nitrogens with one attached hydrogen (secondary N) is 2. The number of rotatable bonds is 7. The summed E-state index contributed by atoms with van der Waals surface area (Å²) < 4.78 is 59.1. The molecule has 0 aliphatic heterocycles. The molecule has 162 valence electrons. The summed E-state index contributed by atoms with van der Waals surface area (Å²) in [6, 6.07) is 13.9. The molecule has 3 aromatic carbocycles. The van der Waals surface area contributed by atoms with E-state index < -0.39 is 34.2 Å². The lowest BCUT2D eigenvalue weighted by Gasteiger charge is -2.11. The summed E-state index contributed by atoms with van der Waals surface area (Å²) in [4.78, 5) is 11.9. The normalized spacial score (nSPS) is 11.1. The maximum atomic E-state index is 13.2. The zero-order chi connectivity index (χ0) is 22.6. The maximum Gasteiger partial charge on any atom is 0.262 e. The molecule has 0 heterocycles. The van der Waals surface area contributed by atoms with Crippen LogP contribution in [0, 0.1) is 25.5 Å². The van der Waals surface area contributed by atoms with Gasteiger partial charge in [-0.25, -0.2) is 17.2 Å². The van der Waals surface area contributed by atoms with E-state index in [1.807, 2.05) is 19.9 Å². The molecular formula is C22H20F2N2O4S. The van der Waals surface area contributed by atoms with Crippen LogP contribution in [0.2, 0.25) is 0 Å². The first-order valence-electron chi connectivity index (χ1n) is 9.21. The van der Waals surface area contributed by atoms with Gasteiger partial charge in [-0.2, -0.15) is 0 Å². The van der Waals surface area contributed by atoms with Crippen LogP contribution in [0.1, 0.15) is 11.1 Å². The quantitative estimate of drug-likeness (QED) is 0.564. The molecule has 6 nitrogen and oxygen atoms in total. The largest absolute Gasteiger partial charge is 0.484 e. The number of ether oxygens (including phenoxy) is 1. The highest BCUT2D eigenvalue weighted by Crippen LogP contribution is 2.21. The zero-order valence-corrected chi connectivity index (χ0v) is 17.6. The van der Waals surface area contributed by atoms with Crippen molar-refractivity contribution >= 4 is 27.3 Å². The standard InChI is InChI=1S/C22H20F2N2O4S/c1-14-9-15(2)11-17(10-14)26-31(28,29)19-6-4-18(5-7-19)30-13-22(27)25-16-3-8-20(23)21(24)12-16/h3-12,26H,13H2,1-2H3,(H,25,27). The van der Waals surface area contributed by atoms with Crippen molar-refractivity contribution < 1.29 is 26.7 Å². The number of hydrogen-bond donors (Lipinski definition) is 2. The zero-order valence-electron chi connectivity index (χ0n) is 16.8. The molecule has 0 aliphatic rings. The summed E-state index contributed by atoms with van der Waals surface area (Å²) in [5.41, 5.74) is 2.42. The van der Waals surface area contributed by atoms with E-state index in [0.29, 0.717) is 5.69 Å².